The molecule has 0 amide bonds. The van der Waals surface area contributed by atoms with E-state index in [2.05, 4.69) is 15.5 Å². The largest absolute Gasteiger partial charge is 0.353 e. The average Bonchev–Trinajstić information content (AvgIpc) is 3.11. The summed E-state index contributed by atoms with van der Waals surface area (Å²) in [7, 11) is -3.63. The number of aromatic nitrogens is 2. The molecule has 1 saturated heterocycles. The summed E-state index contributed by atoms with van der Waals surface area (Å²) < 4.78 is 42.0. The molecule has 1 fully saturated rings. The quantitative estimate of drug-likeness (QED) is 0.319. The molecule has 0 radical (unpaired) electrons. The molecule has 2 aromatic carbocycles. The number of thioether (sulfide) groups is 1. The average molecular weight is 521 g/mol. The second-order valence-corrected chi connectivity index (χ2v) is 12.0. The van der Waals surface area contributed by atoms with Gasteiger partial charge in [0.15, 0.2) is 10.1 Å². The number of ketones is 1. The molecule has 11 heteroatoms. The van der Waals surface area contributed by atoms with Crippen LogP contribution in [0, 0.1) is 5.82 Å². The van der Waals surface area contributed by atoms with E-state index in [1.165, 1.54) is 45.6 Å². The molecule has 1 N–H and O–H groups in total. The van der Waals surface area contributed by atoms with Crippen LogP contribution in [0.15, 0.2) is 57.8 Å². The number of nitrogens with one attached hydrogen (secondary N) is 1. The highest BCUT2D eigenvalue weighted by atomic mass is 32.2. The first-order valence-corrected chi connectivity index (χ1v) is 14.2. The van der Waals surface area contributed by atoms with Crippen molar-refractivity contribution in [2.24, 2.45) is 0 Å². The van der Waals surface area contributed by atoms with Gasteiger partial charge in [-0.25, -0.2) is 12.8 Å². The predicted molar refractivity (Wildman–Crippen MR) is 132 cm³/mol. The minimum absolute atomic E-state index is 0.0418. The zero-order chi connectivity index (χ0) is 24.0. The molecule has 180 valence electrons. The number of carbonyl (C=O) groups excluding carboxylic acids is 1. The third kappa shape index (κ3) is 6.21. The van der Waals surface area contributed by atoms with E-state index in [0.717, 1.165) is 25.7 Å². The Balaban J connectivity index is 1.35. The smallest absolute Gasteiger partial charge is 0.243 e. The zero-order valence-corrected chi connectivity index (χ0v) is 20.9. The topological polar surface area (TPSA) is 92.3 Å². The van der Waals surface area contributed by atoms with Crippen molar-refractivity contribution in [1.82, 2.24) is 14.5 Å². The second kappa shape index (κ2) is 11.4. The van der Waals surface area contributed by atoms with Gasteiger partial charge in [0.05, 0.1) is 11.4 Å². The molecule has 0 bridgehead atoms. The first kappa shape index (κ1) is 24.8. The highest BCUT2D eigenvalue weighted by molar-refractivity contribution is 8.00. The van der Waals surface area contributed by atoms with Gasteiger partial charge in [0.25, 0.3) is 0 Å². The summed E-state index contributed by atoms with van der Waals surface area (Å²) in [6, 6.07) is 12.8. The number of sulfonamides is 1. The van der Waals surface area contributed by atoms with Crippen molar-refractivity contribution >= 4 is 44.0 Å². The Morgan fingerprint density at radius 1 is 1.06 bits per heavy atom. The number of hydrogen-bond donors (Lipinski definition) is 1. The lowest BCUT2D eigenvalue weighted by Crippen LogP contribution is -2.32. The minimum Gasteiger partial charge on any atom is -0.353 e. The molecule has 1 aliphatic heterocycles. The summed E-state index contributed by atoms with van der Waals surface area (Å²) in [6.45, 7) is 0.979. The molecule has 0 unspecified atom stereocenters. The molecule has 0 aliphatic carbocycles. The van der Waals surface area contributed by atoms with Crippen molar-refractivity contribution in [3.63, 3.8) is 0 Å². The first-order valence-electron chi connectivity index (χ1n) is 11.0. The first-order chi connectivity index (χ1) is 16.4. The number of hydrogen-bond acceptors (Lipinski definition) is 8. The Morgan fingerprint density at radius 2 is 1.82 bits per heavy atom. The molecule has 2 heterocycles. The Labute approximate surface area is 206 Å². The summed E-state index contributed by atoms with van der Waals surface area (Å²) in [5.74, 6) is -0.0781. The van der Waals surface area contributed by atoms with Gasteiger partial charge < -0.3 is 5.32 Å². The lowest BCUT2D eigenvalue weighted by atomic mass is 10.1. The van der Waals surface area contributed by atoms with Crippen molar-refractivity contribution in [1.29, 1.82) is 0 Å². The molecule has 0 saturated carbocycles. The van der Waals surface area contributed by atoms with Crippen molar-refractivity contribution in [3.05, 3.63) is 65.5 Å². The van der Waals surface area contributed by atoms with Crippen LogP contribution in [-0.2, 0) is 15.8 Å². The van der Waals surface area contributed by atoms with Gasteiger partial charge in [0, 0.05) is 24.4 Å². The molecule has 34 heavy (non-hydrogen) atoms. The van der Waals surface area contributed by atoms with Crippen molar-refractivity contribution in [3.8, 4) is 0 Å². The van der Waals surface area contributed by atoms with Gasteiger partial charge in [-0.2, -0.15) is 4.31 Å². The summed E-state index contributed by atoms with van der Waals surface area (Å²) in [5, 5.41) is 11.5. The van der Waals surface area contributed by atoms with Gasteiger partial charge >= 0.3 is 0 Å². The SMILES string of the molecule is O=C(CNc1nnc(SCc2ccccc2F)s1)c1cccc(S(=O)(=O)N2CCCCCC2)c1. The maximum atomic E-state index is 13.8. The fraction of sp³-hybridized carbons (Fsp3) is 0.348. The van der Waals surface area contributed by atoms with Crippen LogP contribution in [0.5, 0.6) is 0 Å². The molecule has 7 nitrogen and oxygen atoms in total. The van der Waals surface area contributed by atoms with Gasteiger partial charge in [-0.15, -0.1) is 10.2 Å². The molecule has 1 aliphatic rings. The Bertz CT molecular complexity index is 1240. The van der Waals surface area contributed by atoms with E-state index in [0.29, 0.717) is 39.4 Å². The van der Waals surface area contributed by atoms with Crippen molar-refractivity contribution in [2.75, 3.05) is 25.0 Å². The van der Waals surface area contributed by atoms with Crippen LogP contribution in [0.2, 0.25) is 0 Å². The third-order valence-corrected chi connectivity index (χ3v) is 9.43. The monoisotopic (exact) mass is 520 g/mol. The molecule has 1 aromatic heterocycles. The summed E-state index contributed by atoms with van der Waals surface area (Å²) >= 11 is 2.64. The van der Waals surface area contributed by atoms with Gasteiger partial charge in [-0.3, -0.25) is 4.79 Å². The lowest BCUT2D eigenvalue weighted by molar-refractivity contribution is 0.101. The van der Waals surface area contributed by atoms with Crippen LogP contribution >= 0.6 is 23.1 Å². The zero-order valence-electron chi connectivity index (χ0n) is 18.4. The molecule has 4 rings (SSSR count). The maximum Gasteiger partial charge on any atom is 0.243 e. The van der Waals surface area contributed by atoms with Gasteiger partial charge in [0.2, 0.25) is 15.2 Å². The number of Topliss-reactive ketones (excluding diaryl/α,β-unsaturated/α-hetero) is 1. The van der Waals surface area contributed by atoms with E-state index in [1.54, 1.807) is 30.3 Å². The van der Waals surface area contributed by atoms with Crippen LogP contribution in [0.25, 0.3) is 0 Å². The fourth-order valence-electron chi connectivity index (χ4n) is 3.61. The number of nitrogens with zero attached hydrogens (tertiary/aromatic N) is 3. The van der Waals surface area contributed by atoms with Crippen LogP contribution < -0.4 is 5.32 Å². The van der Waals surface area contributed by atoms with E-state index < -0.39 is 10.0 Å². The number of halogens is 1. The summed E-state index contributed by atoms with van der Waals surface area (Å²) in [5.41, 5.74) is 0.907. The van der Waals surface area contributed by atoms with E-state index in [9.17, 15) is 17.6 Å². The lowest BCUT2D eigenvalue weighted by Gasteiger charge is -2.20. The Morgan fingerprint density at radius 3 is 2.59 bits per heavy atom. The molecular formula is C23H25FN4O3S3. The number of anilines is 1. The summed E-state index contributed by atoms with van der Waals surface area (Å²) in [6.07, 6.45) is 3.77. The maximum absolute atomic E-state index is 13.8. The van der Waals surface area contributed by atoms with E-state index >= 15 is 0 Å². The molecule has 3 aromatic rings. The molecule has 0 spiro atoms. The normalized spacial score (nSPS) is 15.1. The number of rotatable bonds is 9. The van der Waals surface area contributed by atoms with Crippen LogP contribution in [0.4, 0.5) is 9.52 Å². The van der Waals surface area contributed by atoms with Gasteiger partial charge in [-0.1, -0.05) is 66.3 Å². The van der Waals surface area contributed by atoms with Gasteiger partial charge in [-0.05, 0) is 36.6 Å². The fourth-order valence-corrected chi connectivity index (χ4v) is 6.91. The highest BCUT2D eigenvalue weighted by Crippen LogP contribution is 2.29. The van der Waals surface area contributed by atoms with Crippen LogP contribution in [0.1, 0.15) is 41.6 Å². The van der Waals surface area contributed by atoms with Crippen molar-refractivity contribution in [2.45, 2.75) is 40.7 Å². The Kier molecular flexibility index (Phi) is 8.30. The standard InChI is InChI=1S/C23H25FN4O3S3/c24-20-11-4-3-8-18(20)16-32-23-27-26-22(33-23)25-15-21(29)17-9-7-10-19(14-17)34(30,31)28-12-5-1-2-6-13-28/h3-4,7-11,14H,1-2,5-6,12-13,15-16H2,(H,25,26). The van der Waals surface area contributed by atoms with E-state index in [1.807, 2.05) is 0 Å². The minimum atomic E-state index is -3.63. The highest BCUT2D eigenvalue weighted by Gasteiger charge is 2.25. The number of benzene rings is 2. The van der Waals surface area contributed by atoms with Crippen LogP contribution in [0.3, 0.4) is 0 Å². The summed E-state index contributed by atoms with van der Waals surface area (Å²) in [4.78, 5) is 12.9. The van der Waals surface area contributed by atoms with Gasteiger partial charge in [0.1, 0.15) is 5.82 Å². The third-order valence-electron chi connectivity index (χ3n) is 5.47. The van der Waals surface area contributed by atoms with E-state index in [4.69, 9.17) is 0 Å². The molecular weight excluding hydrogens is 495 g/mol. The van der Waals surface area contributed by atoms with E-state index in [-0.39, 0.29) is 23.0 Å². The second-order valence-electron chi connectivity index (χ2n) is 7.88. The van der Waals surface area contributed by atoms with Crippen molar-refractivity contribution < 1.29 is 17.6 Å². The molecule has 0 atom stereocenters. The predicted octanol–water partition coefficient (Wildman–Crippen LogP) is 4.83. The number of carbonyl (C=O) groups is 1. The van der Waals surface area contributed by atoms with Crippen LogP contribution in [-0.4, -0.2) is 48.3 Å². The Hall–Kier alpha value is -2.34.